The second kappa shape index (κ2) is 8.49. The van der Waals surface area contributed by atoms with E-state index in [0.717, 1.165) is 12.8 Å². The fourth-order valence-electron chi connectivity index (χ4n) is 2.42. The van der Waals surface area contributed by atoms with Gasteiger partial charge in [0.2, 0.25) is 5.91 Å². The highest BCUT2D eigenvalue weighted by Crippen LogP contribution is 2.17. The third kappa shape index (κ3) is 6.46. The van der Waals surface area contributed by atoms with Gasteiger partial charge in [0.1, 0.15) is 0 Å². The van der Waals surface area contributed by atoms with Crippen LogP contribution in [0.5, 0.6) is 0 Å². The molecule has 1 aliphatic rings. The van der Waals surface area contributed by atoms with Crippen molar-refractivity contribution in [3.8, 4) is 0 Å². The van der Waals surface area contributed by atoms with Gasteiger partial charge in [0, 0.05) is 46.6 Å². The van der Waals surface area contributed by atoms with Gasteiger partial charge in [-0.1, -0.05) is 0 Å². The van der Waals surface area contributed by atoms with Crippen LogP contribution in [0.15, 0.2) is 0 Å². The van der Waals surface area contributed by atoms with Crippen LogP contribution in [0.2, 0.25) is 0 Å². The molecule has 1 saturated heterocycles. The number of aliphatic carboxylic acids is 1. The van der Waals surface area contributed by atoms with Gasteiger partial charge in [-0.25, -0.2) is 4.79 Å². The van der Waals surface area contributed by atoms with E-state index in [9.17, 15) is 14.4 Å². The molecule has 7 heteroatoms. The van der Waals surface area contributed by atoms with E-state index in [-0.39, 0.29) is 18.4 Å². The summed E-state index contributed by atoms with van der Waals surface area (Å²) in [6.07, 6.45) is 2.32. The van der Waals surface area contributed by atoms with E-state index in [1.54, 1.807) is 16.8 Å². The van der Waals surface area contributed by atoms with Crippen molar-refractivity contribution < 1.29 is 19.5 Å². The number of carbonyl (C=O) groups excluding carboxylic acids is 2. The second-order valence-electron chi connectivity index (χ2n) is 5.57. The molecule has 120 valence electrons. The number of nitrogens with one attached hydrogen (secondary N) is 1. The Balaban J connectivity index is 2.27. The lowest BCUT2D eigenvalue weighted by atomic mass is 9.97. The van der Waals surface area contributed by atoms with E-state index in [0.29, 0.717) is 38.5 Å². The van der Waals surface area contributed by atoms with Crippen LogP contribution < -0.4 is 5.32 Å². The predicted molar refractivity (Wildman–Crippen MR) is 77.9 cm³/mol. The summed E-state index contributed by atoms with van der Waals surface area (Å²) >= 11 is 0. The van der Waals surface area contributed by atoms with Crippen LogP contribution in [0.4, 0.5) is 4.79 Å². The van der Waals surface area contributed by atoms with Crippen LogP contribution in [-0.4, -0.2) is 66.0 Å². The minimum atomic E-state index is -0.838. The van der Waals surface area contributed by atoms with Gasteiger partial charge in [-0.05, 0) is 25.2 Å². The van der Waals surface area contributed by atoms with Crippen molar-refractivity contribution in [2.45, 2.75) is 32.6 Å². The van der Waals surface area contributed by atoms with Gasteiger partial charge < -0.3 is 20.2 Å². The molecule has 0 spiro atoms. The van der Waals surface area contributed by atoms with Crippen molar-refractivity contribution >= 4 is 17.9 Å². The van der Waals surface area contributed by atoms with E-state index in [2.05, 4.69) is 5.32 Å². The van der Waals surface area contributed by atoms with Crippen LogP contribution in [0, 0.1) is 5.92 Å². The summed E-state index contributed by atoms with van der Waals surface area (Å²) in [6.45, 7) is 4.01. The first-order valence-electron chi connectivity index (χ1n) is 7.36. The quantitative estimate of drug-likeness (QED) is 0.757. The number of carboxylic acid groups (broad SMARTS) is 1. The highest BCUT2D eigenvalue weighted by molar-refractivity contribution is 5.74. The molecule has 21 heavy (non-hydrogen) atoms. The predicted octanol–water partition coefficient (Wildman–Crippen LogP) is 0.751. The standard InChI is InChI=1S/C14H25N3O4/c1-11(18)15-10-12-5-8-17(9-6-12)14(21)16(2)7-3-4-13(19)20/h12H,3-10H2,1-2H3,(H,15,18)(H,19,20). The normalized spacial score (nSPS) is 15.6. The second-order valence-corrected chi connectivity index (χ2v) is 5.57. The van der Waals surface area contributed by atoms with Gasteiger partial charge >= 0.3 is 12.0 Å². The Morgan fingerprint density at radius 3 is 2.43 bits per heavy atom. The lowest BCUT2D eigenvalue weighted by molar-refractivity contribution is -0.137. The number of rotatable bonds is 6. The Morgan fingerprint density at radius 1 is 1.29 bits per heavy atom. The maximum atomic E-state index is 12.2. The molecule has 0 aromatic heterocycles. The van der Waals surface area contributed by atoms with Crippen molar-refractivity contribution in [1.82, 2.24) is 15.1 Å². The minimum absolute atomic E-state index is 0.0216. The molecule has 1 rings (SSSR count). The Hall–Kier alpha value is -1.79. The summed E-state index contributed by atoms with van der Waals surface area (Å²) in [5, 5.41) is 11.4. The zero-order valence-corrected chi connectivity index (χ0v) is 12.8. The highest BCUT2D eigenvalue weighted by atomic mass is 16.4. The number of carbonyl (C=O) groups is 3. The highest BCUT2D eigenvalue weighted by Gasteiger charge is 2.24. The first kappa shape index (κ1) is 17.3. The fraction of sp³-hybridized carbons (Fsp3) is 0.786. The maximum Gasteiger partial charge on any atom is 0.319 e. The summed E-state index contributed by atoms with van der Waals surface area (Å²) in [5.74, 6) is -0.434. The number of hydrogen-bond acceptors (Lipinski definition) is 3. The van der Waals surface area contributed by atoms with Crippen molar-refractivity contribution in [3.05, 3.63) is 0 Å². The van der Waals surface area contributed by atoms with Gasteiger partial charge in [-0.15, -0.1) is 0 Å². The summed E-state index contributed by atoms with van der Waals surface area (Å²) in [4.78, 5) is 36.9. The van der Waals surface area contributed by atoms with E-state index in [1.165, 1.54) is 6.92 Å². The number of carboxylic acids is 1. The first-order chi connectivity index (χ1) is 9.90. The third-order valence-corrected chi connectivity index (χ3v) is 3.74. The van der Waals surface area contributed by atoms with Crippen molar-refractivity contribution in [3.63, 3.8) is 0 Å². The molecule has 0 aromatic carbocycles. The molecule has 2 N–H and O–H groups in total. The molecule has 1 heterocycles. The van der Waals surface area contributed by atoms with Crippen molar-refractivity contribution in [2.75, 3.05) is 33.2 Å². The monoisotopic (exact) mass is 299 g/mol. The van der Waals surface area contributed by atoms with Crippen molar-refractivity contribution in [1.29, 1.82) is 0 Å². The molecular formula is C14H25N3O4. The first-order valence-corrected chi connectivity index (χ1v) is 7.36. The molecule has 0 unspecified atom stereocenters. The molecule has 0 saturated carbocycles. The number of amides is 3. The van der Waals surface area contributed by atoms with E-state index in [1.807, 2.05) is 0 Å². The average Bonchev–Trinajstić information content (AvgIpc) is 2.44. The number of piperidine rings is 1. The number of hydrogen-bond donors (Lipinski definition) is 2. The topological polar surface area (TPSA) is 90.0 Å². The molecule has 3 amide bonds. The molecule has 0 aromatic rings. The van der Waals surface area contributed by atoms with Gasteiger partial charge in [-0.2, -0.15) is 0 Å². The maximum absolute atomic E-state index is 12.2. The van der Waals surface area contributed by atoms with E-state index in [4.69, 9.17) is 5.11 Å². The fourth-order valence-corrected chi connectivity index (χ4v) is 2.42. The van der Waals surface area contributed by atoms with Crippen molar-refractivity contribution in [2.24, 2.45) is 5.92 Å². The lowest BCUT2D eigenvalue weighted by Gasteiger charge is -2.34. The van der Waals surface area contributed by atoms with E-state index >= 15 is 0 Å². The Kier molecular flexibility index (Phi) is 6.98. The zero-order chi connectivity index (χ0) is 15.8. The Morgan fingerprint density at radius 2 is 1.90 bits per heavy atom. The van der Waals surface area contributed by atoms with Crippen LogP contribution >= 0.6 is 0 Å². The average molecular weight is 299 g/mol. The van der Waals surface area contributed by atoms with Crippen LogP contribution in [0.25, 0.3) is 0 Å². The molecule has 1 aliphatic heterocycles. The van der Waals surface area contributed by atoms with Crippen LogP contribution in [0.3, 0.4) is 0 Å². The van der Waals surface area contributed by atoms with Crippen LogP contribution in [-0.2, 0) is 9.59 Å². The molecule has 0 aliphatic carbocycles. The zero-order valence-electron chi connectivity index (χ0n) is 12.8. The molecular weight excluding hydrogens is 274 g/mol. The van der Waals surface area contributed by atoms with Crippen LogP contribution in [0.1, 0.15) is 32.6 Å². The molecule has 0 atom stereocenters. The number of urea groups is 1. The molecule has 0 bridgehead atoms. The Labute approximate surface area is 125 Å². The van der Waals surface area contributed by atoms with Gasteiger partial charge in [0.05, 0.1) is 0 Å². The molecule has 1 fully saturated rings. The largest absolute Gasteiger partial charge is 0.481 e. The lowest BCUT2D eigenvalue weighted by Crippen LogP contribution is -2.46. The SMILES string of the molecule is CC(=O)NCC1CCN(C(=O)N(C)CCCC(=O)O)CC1. The van der Waals surface area contributed by atoms with E-state index < -0.39 is 5.97 Å². The third-order valence-electron chi connectivity index (χ3n) is 3.74. The Bertz CT molecular complexity index is 378. The minimum Gasteiger partial charge on any atom is -0.481 e. The summed E-state index contributed by atoms with van der Waals surface area (Å²) in [5.41, 5.74) is 0. The smallest absolute Gasteiger partial charge is 0.319 e. The summed E-state index contributed by atoms with van der Waals surface area (Å²) in [6, 6.07) is -0.0432. The summed E-state index contributed by atoms with van der Waals surface area (Å²) in [7, 11) is 1.70. The number of likely N-dealkylation sites (tertiary alicyclic amines) is 1. The van der Waals surface area contributed by atoms with Gasteiger partial charge in [0.15, 0.2) is 0 Å². The van der Waals surface area contributed by atoms with Gasteiger partial charge in [-0.3, -0.25) is 9.59 Å². The summed E-state index contributed by atoms with van der Waals surface area (Å²) < 4.78 is 0. The molecule has 7 nitrogen and oxygen atoms in total. The molecule has 0 radical (unpaired) electrons. The number of nitrogens with zero attached hydrogens (tertiary/aromatic N) is 2. The van der Waals surface area contributed by atoms with Gasteiger partial charge in [0.25, 0.3) is 0 Å².